The second-order valence-electron chi connectivity index (χ2n) is 8.20. The van der Waals surface area contributed by atoms with Gasteiger partial charge >= 0.3 is 12.1 Å². The first-order valence-corrected chi connectivity index (χ1v) is 11.7. The molecule has 0 saturated heterocycles. The molecule has 0 aliphatic carbocycles. The SMILES string of the molecule is Cc1ccc(Cc2c(-c3cccc(OC(F)(F)F)c3)sc3c2c(=O)n(CCCO)c(=O)n3C)cc1. The molecule has 4 rings (SSSR count). The fourth-order valence-corrected chi connectivity index (χ4v) is 5.23. The van der Waals surface area contributed by atoms with Crippen molar-refractivity contribution in [1.29, 1.82) is 0 Å². The summed E-state index contributed by atoms with van der Waals surface area (Å²) in [6.07, 6.45) is -4.26. The number of aryl methyl sites for hydroxylation is 2. The van der Waals surface area contributed by atoms with Gasteiger partial charge in [0.15, 0.2) is 0 Å². The van der Waals surface area contributed by atoms with Gasteiger partial charge in [-0.15, -0.1) is 24.5 Å². The van der Waals surface area contributed by atoms with E-state index >= 15 is 0 Å². The molecule has 0 atom stereocenters. The highest BCUT2D eigenvalue weighted by Gasteiger charge is 2.31. The Morgan fingerprint density at radius 1 is 1.09 bits per heavy atom. The lowest BCUT2D eigenvalue weighted by Crippen LogP contribution is -2.39. The van der Waals surface area contributed by atoms with Crippen LogP contribution in [0.4, 0.5) is 13.2 Å². The van der Waals surface area contributed by atoms with Crippen molar-refractivity contribution in [2.75, 3.05) is 6.61 Å². The van der Waals surface area contributed by atoms with E-state index in [1.165, 1.54) is 34.1 Å². The van der Waals surface area contributed by atoms with Crippen LogP contribution in [-0.4, -0.2) is 27.2 Å². The summed E-state index contributed by atoms with van der Waals surface area (Å²) in [7, 11) is 1.55. The molecule has 0 spiro atoms. The van der Waals surface area contributed by atoms with Gasteiger partial charge in [-0.05, 0) is 48.6 Å². The van der Waals surface area contributed by atoms with E-state index in [1.807, 2.05) is 31.2 Å². The van der Waals surface area contributed by atoms with E-state index in [2.05, 4.69) is 4.74 Å². The fourth-order valence-electron chi connectivity index (χ4n) is 3.97. The number of halogens is 3. The molecule has 0 bridgehead atoms. The van der Waals surface area contributed by atoms with Crippen LogP contribution >= 0.6 is 11.3 Å². The van der Waals surface area contributed by atoms with Gasteiger partial charge in [0.2, 0.25) is 0 Å². The van der Waals surface area contributed by atoms with Crippen molar-refractivity contribution in [3.63, 3.8) is 0 Å². The summed E-state index contributed by atoms with van der Waals surface area (Å²) in [6.45, 7) is 1.84. The quantitative estimate of drug-likeness (QED) is 0.399. The Bertz CT molecular complexity index is 1480. The highest BCUT2D eigenvalue weighted by atomic mass is 32.1. The number of thiophene rings is 1. The topological polar surface area (TPSA) is 73.5 Å². The molecule has 2 aromatic carbocycles. The van der Waals surface area contributed by atoms with Crippen LogP contribution in [0, 0.1) is 6.92 Å². The highest BCUT2D eigenvalue weighted by molar-refractivity contribution is 7.22. The molecule has 2 aromatic heterocycles. The van der Waals surface area contributed by atoms with Crippen LogP contribution in [0.15, 0.2) is 58.1 Å². The molecule has 184 valence electrons. The van der Waals surface area contributed by atoms with Gasteiger partial charge < -0.3 is 9.84 Å². The second-order valence-corrected chi connectivity index (χ2v) is 9.20. The lowest BCUT2D eigenvalue weighted by atomic mass is 9.99. The first kappa shape index (κ1) is 24.7. The average molecular weight is 505 g/mol. The van der Waals surface area contributed by atoms with Crippen molar-refractivity contribution in [2.24, 2.45) is 7.05 Å². The van der Waals surface area contributed by atoms with Crippen molar-refractivity contribution >= 4 is 21.6 Å². The van der Waals surface area contributed by atoms with Crippen molar-refractivity contribution in [3.8, 4) is 16.2 Å². The maximum absolute atomic E-state index is 13.5. The van der Waals surface area contributed by atoms with Crippen molar-refractivity contribution < 1.29 is 23.0 Å². The first-order valence-electron chi connectivity index (χ1n) is 10.9. The Kier molecular flexibility index (Phi) is 6.86. The Morgan fingerprint density at radius 2 is 1.80 bits per heavy atom. The molecule has 4 aromatic rings. The number of ether oxygens (including phenoxy) is 1. The third kappa shape index (κ3) is 5.18. The standard InChI is InChI=1S/C25H23F3N2O4S/c1-15-7-9-16(10-8-15)13-19-20-22(32)30(11-4-12-31)24(33)29(2)23(20)35-21(19)17-5-3-6-18(14-17)34-25(26,27)28/h3,5-10,14,31H,4,11-13H2,1-2H3. The lowest BCUT2D eigenvalue weighted by Gasteiger charge is -2.11. The molecule has 10 heteroatoms. The largest absolute Gasteiger partial charge is 0.573 e. The molecule has 2 heterocycles. The molecule has 0 unspecified atom stereocenters. The summed E-state index contributed by atoms with van der Waals surface area (Å²) in [6, 6.07) is 13.3. The van der Waals surface area contributed by atoms with E-state index in [0.29, 0.717) is 32.6 Å². The normalized spacial score (nSPS) is 11.8. The maximum atomic E-state index is 13.5. The van der Waals surface area contributed by atoms with Crippen LogP contribution in [-0.2, 0) is 20.0 Å². The summed E-state index contributed by atoms with van der Waals surface area (Å²) in [5, 5.41) is 9.55. The summed E-state index contributed by atoms with van der Waals surface area (Å²) >= 11 is 1.18. The third-order valence-electron chi connectivity index (χ3n) is 5.64. The molecular weight excluding hydrogens is 481 g/mol. The Balaban J connectivity index is 1.98. The maximum Gasteiger partial charge on any atom is 0.573 e. The predicted octanol–water partition coefficient (Wildman–Crippen LogP) is 4.61. The van der Waals surface area contributed by atoms with Gasteiger partial charge in [-0.25, -0.2) is 4.79 Å². The van der Waals surface area contributed by atoms with Gasteiger partial charge in [-0.2, -0.15) is 0 Å². The Morgan fingerprint density at radius 3 is 2.46 bits per heavy atom. The van der Waals surface area contributed by atoms with Gasteiger partial charge in [0.1, 0.15) is 10.6 Å². The molecule has 6 nitrogen and oxygen atoms in total. The number of fused-ring (bicyclic) bond motifs is 1. The second kappa shape index (κ2) is 9.71. The number of nitrogens with zero attached hydrogens (tertiary/aromatic N) is 2. The highest BCUT2D eigenvalue weighted by Crippen LogP contribution is 2.39. The zero-order valence-corrected chi connectivity index (χ0v) is 19.9. The predicted molar refractivity (Wildman–Crippen MR) is 129 cm³/mol. The molecule has 0 fully saturated rings. The number of aliphatic hydroxyl groups is 1. The molecular formula is C25H23F3N2O4S. The molecule has 1 N–H and O–H groups in total. The van der Waals surface area contributed by atoms with E-state index in [0.717, 1.165) is 15.7 Å². The Labute approximate surface area is 202 Å². The third-order valence-corrected chi connectivity index (χ3v) is 7.00. The minimum Gasteiger partial charge on any atom is -0.406 e. The van der Waals surface area contributed by atoms with E-state index < -0.39 is 17.6 Å². The van der Waals surface area contributed by atoms with Gasteiger partial charge in [0.25, 0.3) is 5.56 Å². The number of hydrogen-bond acceptors (Lipinski definition) is 5. The van der Waals surface area contributed by atoms with Crippen LogP contribution in [0.1, 0.15) is 23.1 Å². The van der Waals surface area contributed by atoms with E-state index in [4.69, 9.17) is 0 Å². The minimum absolute atomic E-state index is 0.0575. The number of aromatic nitrogens is 2. The number of rotatable bonds is 7. The van der Waals surface area contributed by atoms with Gasteiger partial charge in [-0.1, -0.05) is 42.0 Å². The van der Waals surface area contributed by atoms with E-state index in [9.17, 15) is 27.9 Å². The number of alkyl halides is 3. The first-order chi connectivity index (χ1) is 16.6. The van der Waals surface area contributed by atoms with Crippen molar-refractivity contribution in [2.45, 2.75) is 32.7 Å². The lowest BCUT2D eigenvalue weighted by molar-refractivity contribution is -0.274. The molecule has 0 amide bonds. The number of benzene rings is 2. The number of hydrogen-bond donors (Lipinski definition) is 1. The summed E-state index contributed by atoms with van der Waals surface area (Å²) in [5.74, 6) is -0.372. The van der Waals surface area contributed by atoms with E-state index in [1.54, 1.807) is 13.1 Å². The zero-order chi connectivity index (χ0) is 25.3. The van der Waals surface area contributed by atoms with Crippen molar-refractivity contribution in [3.05, 3.63) is 86.1 Å². The van der Waals surface area contributed by atoms with Gasteiger partial charge in [0.05, 0.1) is 5.39 Å². The molecule has 0 radical (unpaired) electrons. The Hall–Kier alpha value is -3.37. The minimum atomic E-state index is -4.84. The average Bonchev–Trinajstić information content (AvgIpc) is 3.18. The molecule has 0 aliphatic heterocycles. The van der Waals surface area contributed by atoms with Crippen LogP contribution in [0.5, 0.6) is 5.75 Å². The van der Waals surface area contributed by atoms with Crippen molar-refractivity contribution in [1.82, 2.24) is 9.13 Å². The van der Waals surface area contributed by atoms with E-state index in [-0.39, 0.29) is 25.3 Å². The fraction of sp³-hybridized carbons (Fsp3) is 0.280. The molecule has 0 aliphatic rings. The zero-order valence-electron chi connectivity index (χ0n) is 19.1. The molecule has 0 saturated carbocycles. The summed E-state index contributed by atoms with van der Waals surface area (Å²) in [5.41, 5.74) is 2.05. The van der Waals surface area contributed by atoms with Crippen LogP contribution < -0.4 is 16.0 Å². The summed E-state index contributed by atoms with van der Waals surface area (Å²) < 4.78 is 45.0. The monoisotopic (exact) mass is 504 g/mol. The van der Waals surface area contributed by atoms with Gasteiger partial charge in [0, 0.05) is 25.1 Å². The summed E-state index contributed by atoms with van der Waals surface area (Å²) in [4.78, 5) is 27.4. The van der Waals surface area contributed by atoms with Crippen LogP contribution in [0.3, 0.4) is 0 Å². The van der Waals surface area contributed by atoms with Gasteiger partial charge in [-0.3, -0.25) is 13.9 Å². The van der Waals surface area contributed by atoms with Crippen LogP contribution in [0.25, 0.3) is 20.7 Å². The number of aliphatic hydroxyl groups excluding tert-OH is 1. The smallest absolute Gasteiger partial charge is 0.406 e. The molecule has 35 heavy (non-hydrogen) atoms. The van der Waals surface area contributed by atoms with Crippen LogP contribution in [0.2, 0.25) is 0 Å².